The highest BCUT2D eigenvalue weighted by molar-refractivity contribution is 7.87. The van der Waals surface area contributed by atoms with E-state index in [1.54, 1.807) is 31.2 Å². The molecule has 0 amide bonds. The number of rotatable bonds is 5. The van der Waals surface area contributed by atoms with Crippen molar-refractivity contribution in [1.29, 1.82) is 0 Å². The molecule has 8 nitrogen and oxygen atoms in total. The second kappa shape index (κ2) is 6.36. The van der Waals surface area contributed by atoms with Gasteiger partial charge in [-0.1, -0.05) is 18.2 Å². The van der Waals surface area contributed by atoms with Crippen molar-refractivity contribution in [3.8, 4) is 11.6 Å². The predicted octanol–water partition coefficient (Wildman–Crippen LogP) is 2.86. The largest absolute Gasteiger partial charge is 0.358 e. The number of hydrogen-bond donors (Lipinski definition) is 0. The number of non-ortho nitro benzene ring substituents is 1. The van der Waals surface area contributed by atoms with Gasteiger partial charge in [0.25, 0.3) is 5.69 Å². The average molecular weight is 359 g/mol. The molecule has 0 spiro atoms. The Morgan fingerprint density at radius 1 is 1.08 bits per heavy atom. The van der Waals surface area contributed by atoms with E-state index in [9.17, 15) is 18.5 Å². The van der Waals surface area contributed by atoms with Crippen LogP contribution in [0.1, 0.15) is 5.69 Å². The van der Waals surface area contributed by atoms with Crippen molar-refractivity contribution < 1.29 is 17.5 Å². The maximum atomic E-state index is 12.4. The SMILES string of the molecule is Cc1cc(OS(=O)(=O)c2ccc([N+](=O)[O-])cc2)n(-c2ccccc2)n1. The monoisotopic (exact) mass is 359 g/mol. The molecule has 0 fully saturated rings. The molecular formula is C16H13N3O5S. The number of aryl methyl sites for hydroxylation is 1. The van der Waals surface area contributed by atoms with E-state index < -0.39 is 15.0 Å². The molecule has 0 N–H and O–H groups in total. The molecule has 0 radical (unpaired) electrons. The molecule has 0 unspecified atom stereocenters. The Morgan fingerprint density at radius 3 is 2.32 bits per heavy atom. The molecule has 3 aromatic rings. The minimum absolute atomic E-state index is 0.0297. The fourth-order valence-corrected chi connectivity index (χ4v) is 3.09. The van der Waals surface area contributed by atoms with Crippen LogP contribution in [0.5, 0.6) is 5.88 Å². The Morgan fingerprint density at radius 2 is 1.72 bits per heavy atom. The summed E-state index contributed by atoms with van der Waals surface area (Å²) in [4.78, 5) is 9.88. The first-order valence-corrected chi connectivity index (χ1v) is 8.59. The Hall–Kier alpha value is -3.20. The number of aromatic nitrogens is 2. The van der Waals surface area contributed by atoms with E-state index in [-0.39, 0.29) is 16.5 Å². The molecule has 2 aromatic carbocycles. The summed E-state index contributed by atoms with van der Waals surface area (Å²) in [5, 5.41) is 14.9. The van der Waals surface area contributed by atoms with Crippen molar-refractivity contribution in [3.63, 3.8) is 0 Å². The fourth-order valence-electron chi connectivity index (χ4n) is 2.18. The van der Waals surface area contributed by atoms with Gasteiger partial charge in [0.2, 0.25) is 5.88 Å². The first-order chi connectivity index (χ1) is 11.9. The average Bonchev–Trinajstić information content (AvgIpc) is 2.95. The molecule has 0 saturated carbocycles. The van der Waals surface area contributed by atoms with Gasteiger partial charge >= 0.3 is 10.1 Å². The summed E-state index contributed by atoms with van der Waals surface area (Å²) in [5.74, 6) is 0.0297. The third kappa shape index (κ3) is 3.50. The smallest absolute Gasteiger partial charge is 0.340 e. The minimum Gasteiger partial charge on any atom is -0.358 e. The van der Waals surface area contributed by atoms with E-state index in [0.717, 1.165) is 24.3 Å². The number of nitro groups is 1. The number of hydrogen-bond acceptors (Lipinski definition) is 6. The van der Waals surface area contributed by atoms with Crippen LogP contribution in [0.4, 0.5) is 5.69 Å². The summed E-state index contributed by atoms with van der Waals surface area (Å²) in [6.45, 7) is 1.71. The zero-order valence-corrected chi connectivity index (χ0v) is 13.9. The third-order valence-corrected chi connectivity index (χ3v) is 4.57. The van der Waals surface area contributed by atoms with Crippen molar-refractivity contribution >= 4 is 15.8 Å². The maximum absolute atomic E-state index is 12.4. The highest BCUT2D eigenvalue weighted by Gasteiger charge is 2.21. The van der Waals surface area contributed by atoms with Crippen LogP contribution in [0.2, 0.25) is 0 Å². The lowest BCUT2D eigenvalue weighted by atomic mass is 10.3. The zero-order valence-electron chi connectivity index (χ0n) is 13.1. The van der Waals surface area contributed by atoms with Gasteiger partial charge in [-0.2, -0.15) is 18.2 Å². The van der Waals surface area contributed by atoms with Crippen LogP contribution in [-0.4, -0.2) is 23.1 Å². The van der Waals surface area contributed by atoms with Crippen LogP contribution in [-0.2, 0) is 10.1 Å². The van der Waals surface area contributed by atoms with Gasteiger partial charge < -0.3 is 4.18 Å². The summed E-state index contributed by atoms with van der Waals surface area (Å²) in [6.07, 6.45) is 0. The lowest BCUT2D eigenvalue weighted by molar-refractivity contribution is -0.384. The molecule has 25 heavy (non-hydrogen) atoms. The minimum atomic E-state index is -4.16. The molecule has 128 valence electrons. The number of para-hydroxylation sites is 1. The summed E-state index contributed by atoms with van der Waals surface area (Å²) in [7, 11) is -4.16. The van der Waals surface area contributed by atoms with Gasteiger partial charge in [0.05, 0.1) is 16.3 Å². The molecule has 1 aromatic heterocycles. The molecule has 9 heteroatoms. The van der Waals surface area contributed by atoms with Gasteiger partial charge in [-0.15, -0.1) is 0 Å². The van der Waals surface area contributed by atoms with Crippen LogP contribution in [0, 0.1) is 17.0 Å². The second-order valence-electron chi connectivity index (χ2n) is 5.16. The highest BCUT2D eigenvalue weighted by Crippen LogP contribution is 2.24. The van der Waals surface area contributed by atoms with Gasteiger partial charge in [-0.25, -0.2) is 0 Å². The van der Waals surface area contributed by atoms with Crippen LogP contribution in [0.25, 0.3) is 5.69 Å². The Bertz CT molecular complexity index is 1010. The van der Waals surface area contributed by atoms with Gasteiger partial charge in [-0.3, -0.25) is 10.1 Å². The molecule has 0 aliphatic heterocycles. The maximum Gasteiger partial charge on any atom is 0.340 e. The van der Waals surface area contributed by atoms with Crippen LogP contribution in [0.15, 0.2) is 65.6 Å². The van der Waals surface area contributed by atoms with E-state index in [1.165, 1.54) is 10.7 Å². The van der Waals surface area contributed by atoms with Crippen LogP contribution in [0.3, 0.4) is 0 Å². The second-order valence-corrected chi connectivity index (χ2v) is 6.71. The first-order valence-electron chi connectivity index (χ1n) is 7.18. The molecule has 1 heterocycles. The fraction of sp³-hybridized carbons (Fsp3) is 0.0625. The summed E-state index contributed by atoms with van der Waals surface area (Å²) >= 11 is 0. The van der Waals surface area contributed by atoms with Crippen LogP contribution < -0.4 is 4.18 Å². The first kappa shape index (κ1) is 16.7. The number of nitro benzene ring substituents is 1. The van der Waals surface area contributed by atoms with E-state index in [0.29, 0.717) is 11.4 Å². The molecule has 0 atom stereocenters. The standard InChI is InChI=1S/C16H13N3O5S/c1-12-11-16(18(17-12)13-5-3-2-4-6-13)24-25(22,23)15-9-7-14(8-10-15)19(20)21/h2-11H,1H3. The lowest BCUT2D eigenvalue weighted by Crippen LogP contribution is -2.12. The lowest BCUT2D eigenvalue weighted by Gasteiger charge is -2.09. The van der Waals surface area contributed by atoms with Crippen LogP contribution >= 0.6 is 0 Å². The van der Waals surface area contributed by atoms with Gasteiger partial charge in [0, 0.05) is 18.2 Å². The molecule has 0 aliphatic carbocycles. The number of nitrogens with zero attached hydrogens (tertiary/aromatic N) is 3. The van der Waals surface area contributed by atoms with Gasteiger partial charge in [0.15, 0.2) is 0 Å². The topological polar surface area (TPSA) is 104 Å². The predicted molar refractivity (Wildman–Crippen MR) is 89.2 cm³/mol. The van der Waals surface area contributed by atoms with Crippen molar-refractivity contribution in [2.24, 2.45) is 0 Å². The van der Waals surface area contributed by atoms with Crippen molar-refractivity contribution in [2.75, 3.05) is 0 Å². The highest BCUT2D eigenvalue weighted by atomic mass is 32.2. The van der Waals surface area contributed by atoms with Gasteiger partial charge in [0.1, 0.15) is 4.90 Å². The van der Waals surface area contributed by atoms with E-state index >= 15 is 0 Å². The number of benzene rings is 2. The van der Waals surface area contributed by atoms with Crippen molar-refractivity contribution in [3.05, 3.63) is 76.5 Å². The Labute approximate surface area is 143 Å². The summed E-state index contributed by atoms with van der Waals surface area (Å²) in [5.41, 5.74) is 1.02. The van der Waals surface area contributed by atoms with Crippen molar-refractivity contribution in [2.45, 2.75) is 11.8 Å². The molecule has 0 bridgehead atoms. The van der Waals surface area contributed by atoms with Gasteiger partial charge in [-0.05, 0) is 31.2 Å². The quantitative estimate of drug-likeness (QED) is 0.394. The molecular weight excluding hydrogens is 346 g/mol. The molecule has 0 aliphatic rings. The Balaban J connectivity index is 1.95. The van der Waals surface area contributed by atoms with E-state index in [1.807, 2.05) is 6.07 Å². The zero-order chi connectivity index (χ0) is 18.0. The van der Waals surface area contributed by atoms with E-state index in [2.05, 4.69) is 5.10 Å². The normalized spacial score (nSPS) is 11.2. The molecule has 0 saturated heterocycles. The van der Waals surface area contributed by atoms with Crippen molar-refractivity contribution in [1.82, 2.24) is 9.78 Å². The summed E-state index contributed by atoms with van der Waals surface area (Å²) in [6, 6.07) is 14.9. The summed E-state index contributed by atoms with van der Waals surface area (Å²) < 4.78 is 31.5. The van der Waals surface area contributed by atoms with E-state index in [4.69, 9.17) is 4.18 Å². The third-order valence-electron chi connectivity index (χ3n) is 3.33. The Kier molecular flexibility index (Phi) is 4.24. The molecule has 3 rings (SSSR count).